The van der Waals surface area contributed by atoms with E-state index in [1.165, 1.54) is 25.3 Å². The van der Waals surface area contributed by atoms with Crippen LogP contribution < -0.4 is 24.2 Å². The highest BCUT2D eigenvalue weighted by Gasteiger charge is 2.29. The zero-order chi connectivity index (χ0) is 24.1. The Hall–Kier alpha value is -3.27. The Morgan fingerprint density at radius 3 is 2.50 bits per heavy atom. The largest absolute Gasteiger partial charge is 0.495 e. The van der Waals surface area contributed by atoms with Gasteiger partial charge >= 0.3 is 0 Å². The van der Waals surface area contributed by atoms with Crippen molar-refractivity contribution in [3.63, 3.8) is 0 Å². The summed E-state index contributed by atoms with van der Waals surface area (Å²) in [4.78, 5) is 13.1. The molecule has 0 saturated carbocycles. The summed E-state index contributed by atoms with van der Waals surface area (Å²) < 4.78 is 45.3. The van der Waals surface area contributed by atoms with E-state index in [9.17, 15) is 13.2 Å². The lowest BCUT2D eigenvalue weighted by molar-refractivity contribution is -0.117. The summed E-state index contributed by atoms with van der Waals surface area (Å²) in [5.74, 6) is 0.666. The summed E-state index contributed by atoms with van der Waals surface area (Å²) in [6.45, 7) is 0.856. The lowest BCUT2D eigenvalue weighted by atomic mass is 10.1. The summed E-state index contributed by atoms with van der Waals surface area (Å²) in [5.41, 5.74) is 1.23. The Balaban J connectivity index is 1.61. The van der Waals surface area contributed by atoms with Gasteiger partial charge in [-0.1, -0.05) is 41.9 Å². The highest BCUT2D eigenvalue weighted by molar-refractivity contribution is 7.89. The van der Waals surface area contributed by atoms with Crippen LogP contribution >= 0.6 is 11.6 Å². The third-order valence-electron chi connectivity index (χ3n) is 5.12. The number of anilines is 1. The van der Waals surface area contributed by atoms with Crippen molar-refractivity contribution in [1.29, 1.82) is 0 Å². The first-order valence-corrected chi connectivity index (χ1v) is 12.3. The molecule has 178 valence electrons. The summed E-state index contributed by atoms with van der Waals surface area (Å²) >= 11 is 6.02. The second-order valence-corrected chi connectivity index (χ2v) is 9.63. The van der Waals surface area contributed by atoms with Crippen molar-refractivity contribution in [2.24, 2.45) is 0 Å². The predicted molar refractivity (Wildman–Crippen MR) is 128 cm³/mol. The second-order valence-electron chi connectivity index (χ2n) is 7.51. The Morgan fingerprint density at radius 1 is 1.03 bits per heavy atom. The molecule has 3 aromatic rings. The van der Waals surface area contributed by atoms with Gasteiger partial charge in [-0.2, -0.15) is 4.72 Å². The normalized spacial score (nSPS) is 13.7. The number of fused-ring (bicyclic) bond motifs is 1. The van der Waals surface area contributed by atoms with Gasteiger partial charge in [0.1, 0.15) is 29.9 Å². The Labute approximate surface area is 202 Å². The Morgan fingerprint density at radius 2 is 1.76 bits per heavy atom. The van der Waals surface area contributed by atoms with Crippen molar-refractivity contribution in [2.75, 3.05) is 25.6 Å². The number of carbonyl (C=O) groups is 1. The number of rotatable bonds is 8. The van der Waals surface area contributed by atoms with E-state index in [1.54, 1.807) is 18.2 Å². The highest BCUT2D eigenvalue weighted by Crippen LogP contribution is 2.33. The molecule has 34 heavy (non-hydrogen) atoms. The zero-order valence-corrected chi connectivity index (χ0v) is 19.9. The van der Waals surface area contributed by atoms with E-state index >= 15 is 0 Å². The number of methoxy groups -OCH3 is 1. The SMILES string of the molecule is COc1ccc(Cl)cc1S(=O)(=O)NC(Cc1ccccc1)C(=O)Nc1ccc2c(c1)OCCO2. The number of hydrogen-bond acceptors (Lipinski definition) is 6. The summed E-state index contributed by atoms with van der Waals surface area (Å²) in [6, 6.07) is 17.3. The van der Waals surface area contributed by atoms with Crippen LogP contribution in [0.15, 0.2) is 71.6 Å². The van der Waals surface area contributed by atoms with Gasteiger partial charge in [-0.15, -0.1) is 0 Å². The number of halogens is 1. The molecule has 0 bridgehead atoms. The molecular weight excluding hydrogens is 480 g/mol. The summed E-state index contributed by atoms with van der Waals surface area (Å²) in [6.07, 6.45) is 0.124. The molecule has 1 unspecified atom stereocenters. The molecule has 0 radical (unpaired) electrons. The lowest BCUT2D eigenvalue weighted by Gasteiger charge is -2.21. The van der Waals surface area contributed by atoms with Gasteiger partial charge in [0.15, 0.2) is 11.5 Å². The number of ether oxygens (including phenoxy) is 3. The average Bonchev–Trinajstić information content (AvgIpc) is 2.84. The van der Waals surface area contributed by atoms with Crippen LogP contribution in [-0.2, 0) is 21.2 Å². The molecule has 0 saturated heterocycles. The van der Waals surface area contributed by atoms with Crippen LogP contribution in [0.3, 0.4) is 0 Å². The van der Waals surface area contributed by atoms with Crippen LogP contribution in [0.25, 0.3) is 0 Å². The molecule has 1 aliphatic heterocycles. The summed E-state index contributed by atoms with van der Waals surface area (Å²) in [5, 5.41) is 2.99. The number of benzene rings is 3. The van der Waals surface area contributed by atoms with Crippen molar-refractivity contribution >= 4 is 33.2 Å². The van der Waals surface area contributed by atoms with E-state index in [0.29, 0.717) is 30.4 Å². The van der Waals surface area contributed by atoms with E-state index in [1.807, 2.05) is 30.3 Å². The maximum Gasteiger partial charge on any atom is 0.245 e. The third kappa shape index (κ3) is 5.61. The molecule has 0 aliphatic carbocycles. The van der Waals surface area contributed by atoms with Crippen LogP contribution in [-0.4, -0.2) is 40.7 Å². The maximum absolute atomic E-state index is 13.2. The molecule has 8 nitrogen and oxygen atoms in total. The van der Waals surface area contributed by atoms with Gasteiger partial charge in [0.25, 0.3) is 0 Å². The smallest absolute Gasteiger partial charge is 0.245 e. The molecule has 10 heteroatoms. The fourth-order valence-corrected chi connectivity index (χ4v) is 5.13. The minimum Gasteiger partial charge on any atom is -0.495 e. The van der Waals surface area contributed by atoms with Crippen LogP contribution in [0.1, 0.15) is 5.56 Å². The van der Waals surface area contributed by atoms with Crippen LogP contribution in [0.4, 0.5) is 5.69 Å². The second kappa shape index (κ2) is 10.3. The molecule has 4 rings (SSSR count). The fraction of sp³-hybridized carbons (Fsp3) is 0.208. The highest BCUT2D eigenvalue weighted by atomic mass is 35.5. The average molecular weight is 503 g/mol. The standard InChI is InChI=1S/C24H23ClN2O6S/c1-31-21-9-7-17(25)14-23(21)34(29,30)27-19(13-16-5-3-2-4-6-16)24(28)26-18-8-10-20-22(15-18)33-12-11-32-20/h2-10,14-15,19,27H,11-13H2,1H3,(H,26,28). The number of nitrogens with one attached hydrogen (secondary N) is 2. The van der Waals surface area contributed by atoms with E-state index in [-0.39, 0.29) is 22.1 Å². The van der Waals surface area contributed by atoms with Crippen molar-refractivity contribution in [1.82, 2.24) is 4.72 Å². The molecule has 1 heterocycles. The van der Waals surface area contributed by atoms with Crippen LogP contribution in [0.5, 0.6) is 17.2 Å². The van der Waals surface area contributed by atoms with E-state index in [0.717, 1.165) is 5.56 Å². The topological polar surface area (TPSA) is 103 Å². The third-order valence-corrected chi connectivity index (χ3v) is 6.85. The Bertz CT molecular complexity index is 1280. The van der Waals surface area contributed by atoms with E-state index in [4.69, 9.17) is 25.8 Å². The molecular formula is C24H23ClN2O6S. The molecule has 2 N–H and O–H groups in total. The van der Waals surface area contributed by atoms with Gasteiger partial charge in [-0.3, -0.25) is 4.79 Å². The van der Waals surface area contributed by atoms with E-state index in [2.05, 4.69) is 10.0 Å². The maximum atomic E-state index is 13.2. The minimum atomic E-state index is -4.16. The molecule has 1 atom stereocenters. The van der Waals surface area contributed by atoms with Gasteiger partial charge in [0.2, 0.25) is 15.9 Å². The fourth-order valence-electron chi connectivity index (χ4n) is 3.50. The van der Waals surface area contributed by atoms with Gasteiger partial charge < -0.3 is 19.5 Å². The monoisotopic (exact) mass is 502 g/mol. The number of hydrogen-bond donors (Lipinski definition) is 2. The first-order chi connectivity index (χ1) is 16.4. The molecule has 0 aromatic heterocycles. The number of carbonyl (C=O) groups excluding carboxylic acids is 1. The first-order valence-electron chi connectivity index (χ1n) is 10.5. The van der Waals surface area contributed by atoms with Crippen LogP contribution in [0, 0.1) is 0 Å². The van der Waals surface area contributed by atoms with Crippen molar-refractivity contribution in [2.45, 2.75) is 17.4 Å². The van der Waals surface area contributed by atoms with Crippen molar-refractivity contribution in [3.8, 4) is 17.2 Å². The van der Waals surface area contributed by atoms with Crippen molar-refractivity contribution < 1.29 is 27.4 Å². The Kier molecular flexibility index (Phi) is 7.26. The molecule has 1 aliphatic rings. The molecule has 1 amide bonds. The van der Waals surface area contributed by atoms with Gasteiger partial charge in [-0.25, -0.2) is 8.42 Å². The molecule has 0 spiro atoms. The minimum absolute atomic E-state index is 0.114. The number of sulfonamides is 1. The van der Waals surface area contributed by atoms with Crippen molar-refractivity contribution in [3.05, 3.63) is 77.3 Å². The summed E-state index contributed by atoms with van der Waals surface area (Å²) in [7, 11) is -2.80. The first kappa shape index (κ1) is 23.9. The van der Waals surface area contributed by atoms with Gasteiger partial charge in [-0.05, 0) is 42.3 Å². The quantitative estimate of drug-likeness (QED) is 0.487. The lowest BCUT2D eigenvalue weighted by Crippen LogP contribution is -2.45. The molecule has 3 aromatic carbocycles. The zero-order valence-electron chi connectivity index (χ0n) is 18.3. The van der Waals surface area contributed by atoms with Gasteiger partial charge in [0.05, 0.1) is 7.11 Å². The van der Waals surface area contributed by atoms with E-state index < -0.39 is 22.0 Å². The predicted octanol–water partition coefficient (Wildman–Crippen LogP) is 3.65. The van der Waals surface area contributed by atoms with Crippen LogP contribution in [0.2, 0.25) is 5.02 Å². The number of amides is 1. The molecule has 0 fully saturated rings. The van der Waals surface area contributed by atoms with Gasteiger partial charge in [0, 0.05) is 16.8 Å².